The predicted molar refractivity (Wildman–Crippen MR) is 77.4 cm³/mol. The van der Waals surface area contributed by atoms with Gasteiger partial charge in [0.15, 0.2) is 11.5 Å². The van der Waals surface area contributed by atoms with E-state index >= 15 is 0 Å². The van der Waals surface area contributed by atoms with E-state index in [2.05, 4.69) is 10.3 Å². The Morgan fingerprint density at radius 3 is 2.80 bits per heavy atom. The molecule has 0 aliphatic heterocycles. The summed E-state index contributed by atoms with van der Waals surface area (Å²) in [7, 11) is 1.60. The minimum Gasteiger partial charge on any atom is -0.493 e. The van der Waals surface area contributed by atoms with Gasteiger partial charge in [-0.15, -0.1) is 11.3 Å². The van der Waals surface area contributed by atoms with Crippen molar-refractivity contribution in [2.45, 2.75) is 13.5 Å². The van der Waals surface area contributed by atoms with Crippen molar-refractivity contribution in [2.24, 2.45) is 0 Å². The minimum atomic E-state index is -0.160. The first-order valence-electron chi connectivity index (χ1n) is 6.23. The van der Waals surface area contributed by atoms with Crippen LogP contribution in [0.1, 0.15) is 22.4 Å². The van der Waals surface area contributed by atoms with E-state index in [1.807, 2.05) is 31.2 Å². The first kappa shape index (κ1) is 14.3. The van der Waals surface area contributed by atoms with Gasteiger partial charge in [0.2, 0.25) is 0 Å². The van der Waals surface area contributed by atoms with Crippen LogP contribution in [0.3, 0.4) is 0 Å². The van der Waals surface area contributed by atoms with Crippen molar-refractivity contribution in [3.8, 4) is 11.5 Å². The molecule has 1 N–H and O–H groups in total. The van der Waals surface area contributed by atoms with E-state index in [-0.39, 0.29) is 5.91 Å². The SMILES string of the molecule is CCNC(=O)c1csc(COc2ccccc2OC)n1. The molecule has 20 heavy (non-hydrogen) atoms. The van der Waals surface area contributed by atoms with Crippen molar-refractivity contribution in [3.63, 3.8) is 0 Å². The zero-order valence-corrected chi connectivity index (χ0v) is 12.2. The summed E-state index contributed by atoms with van der Waals surface area (Å²) in [5.41, 5.74) is 0.426. The molecule has 0 fully saturated rings. The van der Waals surface area contributed by atoms with Gasteiger partial charge in [0, 0.05) is 11.9 Å². The highest BCUT2D eigenvalue weighted by Crippen LogP contribution is 2.26. The molecule has 2 rings (SSSR count). The van der Waals surface area contributed by atoms with E-state index in [4.69, 9.17) is 9.47 Å². The van der Waals surface area contributed by atoms with Crippen molar-refractivity contribution in [1.29, 1.82) is 0 Å². The molecule has 1 aromatic carbocycles. The van der Waals surface area contributed by atoms with Crippen LogP contribution in [-0.2, 0) is 6.61 Å². The third kappa shape index (κ3) is 3.48. The monoisotopic (exact) mass is 292 g/mol. The molecule has 0 saturated heterocycles. The second kappa shape index (κ2) is 6.91. The number of benzene rings is 1. The molecular weight excluding hydrogens is 276 g/mol. The number of hydrogen-bond donors (Lipinski definition) is 1. The van der Waals surface area contributed by atoms with Gasteiger partial charge >= 0.3 is 0 Å². The number of hydrogen-bond acceptors (Lipinski definition) is 5. The first-order chi connectivity index (χ1) is 9.74. The summed E-state index contributed by atoms with van der Waals surface area (Å²) in [5, 5.41) is 5.19. The molecule has 0 aliphatic carbocycles. The Morgan fingerprint density at radius 1 is 1.35 bits per heavy atom. The Morgan fingerprint density at radius 2 is 2.10 bits per heavy atom. The largest absolute Gasteiger partial charge is 0.493 e. The number of nitrogens with zero attached hydrogens (tertiary/aromatic N) is 1. The Hall–Kier alpha value is -2.08. The van der Waals surface area contributed by atoms with Crippen molar-refractivity contribution in [2.75, 3.05) is 13.7 Å². The van der Waals surface area contributed by atoms with Crippen molar-refractivity contribution >= 4 is 17.2 Å². The minimum absolute atomic E-state index is 0.160. The van der Waals surface area contributed by atoms with E-state index in [9.17, 15) is 4.79 Å². The molecule has 2 aromatic rings. The Bertz CT molecular complexity index is 583. The van der Waals surface area contributed by atoms with Crippen LogP contribution in [0.15, 0.2) is 29.6 Å². The molecule has 0 unspecified atom stereocenters. The average molecular weight is 292 g/mol. The second-order valence-electron chi connectivity index (χ2n) is 3.93. The summed E-state index contributed by atoms with van der Waals surface area (Å²) in [6.45, 7) is 2.77. The molecule has 106 valence electrons. The fourth-order valence-corrected chi connectivity index (χ4v) is 2.30. The number of carbonyl (C=O) groups excluding carboxylic acids is 1. The number of rotatable bonds is 6. The summed E-state index contributed by atoms with van der Waals surface area (Å²) >= 11 is 1.40. The lowest BCUT2D eigenvalue weighted by atomic mass is 10.3. The van der Waals surface area contributed by atoms with E-state index < -0.39 is 0 Å². The van der Waals surface area contributed by atoms with E-state index in [1.54, 1.807) is 12.5 Å². The van der Waals surface area contributed by atoms with Gasteiger partial charge in [-0.1, -0.05) is 12.1 Å². The van der Waals surface area contributed by atoms with Gasteiger partial charge < -0.3 is 14.8 Å². The first-order valence-corrected chi connectivity index (χ1v) is 7.11. The number of ether oxygens (including phenoxy) is 2. The average Bonchev–Trinajstić information content (AvgIpc) is 2.94. The number of nitrogens with one attached hydrogen (secondary N) is 1. The fraction of sp³-hybridized carbons (Fsp3) is 0.286. The van der Waals surface area contributed by atoms with Crippen LogP contribution in [0, 0.1) is 0 Å². The highest BCUT2D eigenvalue weighted by atomic mass is 32.1. The second-order valence-corrected chi connectivity index (χ2v) is 4.87. The number of para-hydroxylation sites is 2. The maximum atomic E-state index is 11.6. The molecule has 6 heteroatoms. The highest BCUT2D eigenvalue weighted by Gasteiger charge is 2.10. The molecule has 0 atom stereocenters. The Kier molecular flexibility index (Phi) is 4.95. The third-order valence-electron chi connectivity index (χ3n) is 2.54. The summed E-state index contributed by atoms with van der Waals surface area (Å²) in [6, 6.07) is 7.41. The predicted octanol–water partition coefficient (Wildman–Crippen LogP) is 2.48. The summed E-state index contributed by atoms with van der Waals surface area (Å²) in [4.78, 5) is 15.8. The van der Waals surface area contributed by atoms with Gasteiger partial charge in [-0.05, 0) is 19.1 Å². The lowest BCUT2D eigenvalue weighted by Crippen LogP contribution is -2.22. The topological polar surface area (TPSA) is 60.5 Å². The number of aromatic nitrogens is 1. The molecule has 0 bridgehead atoms. The van der Waals surface area contributed by atoms with Crippen LogP contribution < -0.4 is 14.8 Å². The van der Waals surface area contributed by atoms with E-state index in [0.717, 1.165) is 5.01 Å². The van der Waals surface area contributed by atoms with Gasteiger partial charge in [-0.3, -0.25) is 4.79 Å². The van der Waals surface area contributed by atoms with Gasteiger partial charge in [-0.2, -0.15) is 0 Å². The molecule has 0 spiro atoms. The number of thiazole rings is 1. The molecule has 0 saturated carbocycles. The fourth-order valence-electron chi connectivity index (χ4n) is 1.61. The standard InChI is InChI=1S/C14H16N2O3S/c1-3-15-14(17)10-9-20-13(16-10)8-19-12-7-5-4-6-11(12)18-2/h4-7,9H,3,8H2,1-2H3,(H,15,17). The molecule has 0 aliphatic rings. The Labute approximate surface area is 121 Å². The van der Waals surface area contributed by atoms with Crippen LogP contribution in [-0.4, -0.2) is 24.5 Å². The van der Waals surface area contributed by atoms with Crippen LogP contribution in [0.5, 0.6) is 11.5 Å². The summed E-state index contributed by atoms with van der Waals surface area (Å²) < 4.78 is 10.9. The number of amides is 1. The normalized spacial score (nSPS) is 10.1. The van der Waals surface area contributed by atoms with Crippen LogP contribution in [0.2, 0.25) is 0 Å². The quantitative estimate of drug-likeness (QED) is 0.888. The third-order valence-corrected chi connectivity index (χ3v) is 3.36. The van der Waals surface area contributed by atoms with Crippen LogP contribution in [0.25, 0.3) is 0 Å². The van der Waals surface area contributed by atoms with Crippen molar-refractivity contribution in [3.05, 3.63) is 40.3 Å². The zero-order chi connectivity index (χ0) is 14.4. The van der Waals surface area contributed by atoms with Gasteiger partial charge in [-0.25, -0.2) is 4.98 Å². The van der Waals surface area contributed by atoms with Crippen molar-refractivity contribution < 1.29 is 14.3 Å². The maximum absolute atomic E-state index is 11.6. The van der Waals surface area contributed by atoms with Gasteiger partial charge in [0.25, 0.3) is 5.91 Å². The molecular formula is C14H16N2O3S. The number of carbonyl (C=O) groups is 1. The van der Waals surface area contributed by atoms with Crippen LogP contribution in [0.4, 0.5) is 0 Å². The highest BCUT2D eigenvalue weighted by molar-refractivity contribution is 7.09. The lowest BCUT2D eigenvalue weighted by Gasteiger charge is -2.08. The van der Waals surface area contributed by atoms with Crippen LogP contribution >= 0.6 is 11.3 Å². The smallest absolute Gasteiger partial charge is 0.270 e. The number of methoxy groups -OCH3 is 1. The maximum Gasteiger partial charge on any atom is 0.270 e. The summed E-state index contributed by atoms with van der Waals surface area (Å²) in [5.74, 6) is 1.17. The summed E-state index contributed by atoms with van der Waals surface area (Å²) in [6.07, 6.45) is 0. The molecule has 1 heterocycles. The molecule has 0 radical (unpaired) electrons. The lowest BCUT2D eigenvalue weighted by molar-refractivity contribution is 0.0951. The van der Waals surface area contributed by atoms with Gasteiger partial charge in [0.05, 0.1) is 7.11 Å². The molecule has 1 aromatic heterocycles. The van der Waals surface area contributed by atoms with Gasteiger partial charge in [0.1, 0.15) is 17.3 Å². The van der Waals surface area contributed by atoms with E-state index in [0.29, 0.717) is 30.3 Å². The molecule has 1 amide bonds. The van der Waals surface area contributed by atoms with E-state index in [1.165, 1.54) is 11.3 Å². The zero-order valence-electron chi connectivity index (χ0n) is 11.4. The van der Waals surface area contributed by atoms with Crippen molar-refractivity contribution in [1.82, 2.24) is 10.3 Å². The Balaban J connectivity index is 1.99. The molecule has 5 nitrogen and oxygen atoms in total.